The number of aromatic amines is 1. The Kier molecular flexibility index (Phi) is 6.35. The molecule has 11 heteroatoms. The van der Waals surface area contributed by atoms with Gasteiger partial charge in [0.25, 0.3) is 6.01 Å². The van der Waals surface area contributed by atoms with Crippen LogP contribution in [0.2, 0.25) is 5.02 Å². The van der Waals surface area contributed by atoms with Crippen molar-refractivity contribution < 1.29 is 24.1 Å². The molecule has 5 atom stereocenters. The second-order valence-corrected chi connectivity index (χ2v) is 12.0. The van der Waals surface area contributed by atoms with Crippen LogP contribution in [-0.4, -0.2) is 66.7 Å². The predicted octanol–water partition coefficient (Wildman–Crippen LogP) is 4.26. The van der Waals surface area contributed by atoms with E-state index in [-0.39, 0.29) is 29.3 Å². The SMILES string of the molecule is CC(C)(O)/C=C/c1cc(F)c2c(c1)CCC2Nc1nc2nc(O[C@@H]3CO[C@H]4[C@@H]3SC[C@H]4O)[nH]c2cc1Cl. The lowest BCUT2D eigenvalue weighted by Crippen LogP contribution is -2.32. The maximum atomic E-state index is 15.1. The second kappa shape index (κ2) is 9.43. The highest BCUT2D eigenvalue weighted by Crippen LogP contribution is 2.40. The zero-order valence-corrected chi connectivity index (χ0v) is 21.9. The number of pyridine rings is 1. The van der Waals surface area contributed by atoms with Crippen molar-refractivity contribution in [3.05, 3.63) is 51.8 Å². The molecule has 196 valence electrons. The number of thioether (sulfide) groups is 1. The van der Waals surface area contributed by atoms with Crippen LogP contribution >= 0.6 is 23.4 Å². The number of halogens is 2. The van der Waals surface area contributed by atoms with E-state index in [0.717, 1.165) is 5.56 Å². The molecule has 8 nitrogen and oxygen atoms in total. The number of anilines is 1. The molecule has 3 aliphatic rings. The summed E-state index contributed by atoms with van der Waals surface area (Å²) in [6, 6.07) is 5.20. The molecule has 37 heavy (non-hydrogen) atoms. The van der Waals surface area contributed by atoms with E-state index in [4.69, 9.17) is 21.1 Å². The van der Waals surface area contributed by atoms with Crippen LogP contribution in [0.3, 0.4) is 0 Å². The number of aryl methyl sites for hydroxylation is 1. The molecular weight excluding hydrogens is 519 g/mol. The summed E-state index contributed by atoms with van der Waals surface area (Å²) in [7, 11) is 0. The van der Waals surface area contributed by atoms with Crippen LogP contribution in [0.1, 0.15) is 43.0 Å². The van der Waals surface area contributed by atoms with Crippen LogP contribution in [0.15, 0.2) is 24.3 Å². The number of aliphatic hydroxyl groups excluding tert-OH is 1. The van der Waals surface area contributed by atoms with Crippen molar-refractivity contribution in [1.82, 2.24) is 15.0 Å². The number of ether oxygens (including phenoxy) is 2. The summed E-state index contributed by atoms with van der Waals surface area (Å²) in [5, 5.41) is 23.7. The Hall–Kier alpha value is -2.37. The fourth-order valence-corrected chi connectivity index (χ4v) is 6.80. The Morgan fingerprint density at radius 1 is 1.32 bits per heavy atom. The number of aliphatic hydroxyl groups is 2. The molecule has 1 unspecified atom stereocenters. The minimum Gasteiger partial charge on any atom is -0.458 e. The van der Waals surface area contributed by atoms with E-state index in [9.17, 15) is 10.2 Å². The standard InChI is InChI=1S/C26H28ClFN4O4S/c1-26(2,34)6-5-12-7-13-3-4-16(20(13)15(28)8-12)29-23-14(27)9-17-24(31-23)32-25(30-17)36-19-10-35-21-18(33)11-37-22(19)21/h5-9,16,18-19,21-22,33-34H,3-4,10-11H2,1-2H3,(H2,29,30,31,32)/b6-5+/t16?,18-,19-,21-,22-/m1/s1. The molecule has 2 fully saturated rings. The van der Waals surface area contributed by atoms with Crippen LogP contribution in [-0.2, 0) is 11.2 Å². The molecule has 6 rings (SSSR count). The van der Waals surface area contributed by atoms with Crippen LogP contribution in [0.4, 0.5) is 10.2 Å². The third-order valence-electron chi connectivity index (χ3n) is 6.93. The summed E-state index contributed by atoms with van der Waals surface area (Å²) in [5.74, 6) is 0.752. The molecule has 3 aromatic rings. The number of imidazole rings is 1. The fourth-order valence-electron chi connectivity index (χ4n) is 5.19. The van der Waals surface area contributed by atoms with Crippen molar-refractivity contribution in [2.24, 2.45) is 0 Å². The highest BCUT2D eigenvalue weighted by atomic mass is 35.5. The smallest absolute Gasteiger partial charge is 0.296 e. The zero-order valence-electron chi connectivity index (χ0n) is 20.4. The molecule has 0 radical (unpaired) electrons. The number of benzene rings is 1. The van der Waals surface area contributed by atoms with E-state index in [0.29, 0.717) is 64.3 Å². The van der Waals surface area contributed by atoms with E-state index >= 15 is 4.39 Å². The first kappa shape index (κ1) is 24.9. The quantitative estimate of drug-likeness (QED) is 0.363. The lowest BCUT2D eigenvalue weighted by molar-refractivity contribution is 0.0149. The van der Waals surface area contributed by atoms with Crippen molar-refractivity contribution in [2.45, 2.75) is 61.9 Å². The van der Waals surface area contributed by atoms with Gasteiger partial charge < -0.3 is 30.0 Å². The Balaban J connectivity index is 1.20. The summed E-state index contributed by atoms with van der Waals surface area (Å²) in [5.41, 5.74) is 2.33. The number of rotatable bonds is 6. The van der Waals surface area contributed by atoms with Gasteiger partial charge in [-0.25, -0.2) is 9.37 Å². The van der Waals surface area contributed by atoms with Gasteiger partial charge in [0.2, 0.25) is 0 Å². The van der Waals surface area contributed by atoms with E-state index in [1.807, 2.05) is 6.07 Å². The topological polar surface area (TPSA) is 113 Å². The van der Waals surface area contributed by atoms with E-state index < -0.39 is 11.7 Å². The minimum absolute atomic E-state index is 0.0560. The van der Waals surface area contributed by atoms with Crippen molar-refractivity contribution in [2.75, 3.05) is 17.7 Å². The lowest BCUT2D eigenvalue weighted by atomic mass is 10.0. The minimum atomic E-state index is -0.969. The third-order valence-corrected chi connectivity index (χ3v) is 8.71. The number of nitrogens with zero attached hydrogens (tertiary/aromatic N) is 2. The van der Waals surface area contributed by atoms with Gasteiger partial charge >= 0.3 is 0 Å². The maximum Gasteiger partial charge on any atom is 0.296 e. The van der Waals surface area contributed by atoms with E-state index in [1.54, 1.807) is 43.8 Å². The van der Waals surface area contributed by atoms with Crippen LogP contribution in [0.5, 0.6) is 6.01 Å². The normalized spacial score (nSPS) is 27.2. The summed E-state index contributed by atoms with van der Waals surface area (Å²) in [6.07, 6.45) is 3.88. The summed E-state index contributed by atoms with van der Waals surface area (Å²) >= 11 is 8.18. The average Bonchev–Trinajstić information content (AvgIpc) is 3.59. The molecule has 0 amide bonds. The molecular formula is C26H28ClFN4O4S. The highest BCUT2D eigenvalue weighted by Gasteiger charge is 2.48. The molecule has 0 bridgehead atoms. The first-order valence-electron chi connectivity index (χ1n) is 12.3. The number of nitrogens with one attached hydrogen (secondary N) is 2. The van der Waals surface area contributed by atoms with E-state index in [1.165, 1.54) is 6.07 Å². The molecule has 1 aliphatic carbocycles. The number of fused-ring (bicyclic) bond motifs is 3. The van der Waals surface area contributed by atoms with Gasteiger partial charge in [0.05, 0.1) is 46.2 Å². The number of hydrogen-bond acceptors (Lipinski definition) is 8. The van der Waals surface area contributed by atoms with Crippen molar-refractivity contribution >= 4 is 46.4 Å². The molecule has 1 aromatic carbocycles. The molecule has 0 spiro atoms. The van der Waals surface area contributed by atoms with Gasteiger partial charge in [0, 0.05) is 11.3 Å². The predicted molar refractivity (Wildman–Crippen MR) is 142 cm³/mol. The van der Waals surface area contributed by atoms with Gasteiger partial charge in [0.15, 0.2) is 5.65 Å². The van der Waals surface area contributed by atoms with Crippen molar-refractivity contribution in [1.29, 1.82) is 0 Å². The third kappa shape index (κ3) is 4.93. The van der Waals surface area contributed by atoms with Gasteiger partial charge in [-0.2, -0.15) is 4.98 Å². The van der Waals surface area contributed by atoms with Gasteiger partial charge in [-0.3, -0.25) is 0 Å². The van der Waals surface area contributed by atoms with Gasteiger partial charge in [0.1, 0.15) is 17.7 Å². The van der Waals surface area contributed by atoms with Crippen molar-refractivity contribution in [3.63, 3.8) is 0 Å². The molecule has 4 heterocycles. The summed E-state index contributed by atoms with van der Waals surface area (Å²) in [4.78, 5) is 12.2. The van der Waals surface area contributed by atoms with Crippen LogP contribution < -0.4 is 10.1 Å². The monoisotopic (exact) mass is 546 g/mol. The molecule has 2 aromatic heterocycles. The lowest BCUT2D eigenvalue weighted by Gasteiger charge is -2.17. The summed E-state index contributed by atoms with van der Waals surface area (Å²) in [6.45, 7) is 3.74. The number of aromatic nitrogens is 3. The Morgan fingerprint density at radius 3 is 2.97 bits per heavy atom. The second-order valence-electron chi connectivity index (χ2n) is 10.3. The van der Waals surface area contributed by atoms with Gasteiger partial charge in [-0.1, -0.05) is 29.8 Å². The number of hydrogen-bond donors (Lipinski definition) is 4. The first-order valence-corrected chi connectivity index (χ1v) is 13.7. The average molecular weight is 547 g/mol. The van der Waals surface area contributed by atoms with Gasteiger partial charge in [-0.15, -0.1) is 11.8 Å². The molecule has 4 N–H and O–H groups in total. The van der Waals surface area contributed by atoms with Crippen LogP contribution in [0.25, 0.3) is 17.2 Å². The molecule has 0 saturated carbocycles. The van der Waals surface area contributed by atoms with Crippen LogP contribution in [0, 0.1) is 5.82 Å². The summed E-state index contributed by atoms with van der Waals surface area (Å²) < 4.78 is 26.9. The molecule has 2 aliphatic heterocycles. The highest BCUT2D eigenvalue weighted by molar-refractivity contribution is 8.00. The van der Waals surface area contributed by atoms with E-state index in [2.05, 4.69) is 20.3 Å². The Labute approximate surface area is 222 Å². The maximum absolute atomic E-state index is 15.1. The fraction of sp³-hybridized carbons (Fsp3) is 0.462. The van der Waals surface area contributed by atoms with Crippen molar-refractivity contribution in [3.8, 4) is 6.01 Å². The molecule has 2 saturated heterocycles. The largest absolute Gasteiger partial charge is 0.458 e. The van der Waals surface area contributed by atoms with Gasteiger partial charge in [-0.05, 0) is 49.9 Å². The Morgan fingerprint density at radius 2 is 2.16 bits per heavy atom. The number of H-pyrrole nitrogens is 1. The Bertz CT molecular complexity index is 1380. The first-order chi connectivity index (χ1) is 17.6. The zero-order chi connectivity index (χ0) is 25.9.